The molecule has 1 atom stereocenters. The van der Waals surface area contributed by atoms with Crippen LogP contribution in [-0.2, 0) is 11.8 Å². The topological polar surface area (TPSA) is 114 Å². The van der Waals surface area contributed by atoms with Crippen LogP contribution in [0.1, 0.15) is 5.56 Å². The molecule has 0 spiro atoms. The predicted octanol–water partition coefficient (Wildman–Crippen LogP) is 4.28. The number of aryl methyl sites for hydroxylation is 2. The Morgan fingerprint density at radius 2 is 2.00 bits per heavy atom. The number of anilines is 3. The number of piperazine rings is 1. The van der Waals surface area contributed by atoms with Gasteiger partial charge in [0.25, 0.3) is 0 Å². The fourth-order valence-electron chi connectivity index (χ4n) is 5.78. The standard InChI is InChI=1S/C33H35N9O3/c1-21-14-22(7-10-28(21)45-24-8-9-27-25(15-24)36-20-40(27)4)37-32-31-26(34-19-35-32)16-29-33(38-31)42-13-12-41(17-23(42)18-44-29)30(43)6-5-11-39(2)3/h5-10,14-16,19-20,23H,11-13,17-18H2,1-4H3,(H,34,35,37)/b6-5+/t23-/m0/s1. The lowest BCUT2D eigenvalue weighted by atomic mass is 10.1. The summed E-state index contributed by atoms with van der Waals surface area (Å²) in [6.07, 6.45) is 6.88. The fourth-order valence-corrected chi connectivity index (χ4v) is 5.78. The number of carbonyl (C=O) groups excluding carboxylic acids is 1. The zero-order chi connectivity index (χ0) is 31.1. The largest absolute Gasteiger partial charge is 0.487 e. The van der Waals surface area contributed by atoms with E-state index in [0.717, 1.165) is 46.1 Å². The number of nitrogens with one attached hydrogen (secondary N) is 1. The van der Waals surface area contributed by atoms with Crippen molar-refractivity contribution in [3.05, 3.63) is 72.8 Å². The third-order valence-electron chi connectivity index (χ3n) is 8.15. The van der Waals surface area contributed by atoms with E-state index in [4.69, 9.17) is 14.5 Å². The number of imidazole rings is 1. The molecule has 1 saturated heterocycles. The van der Waals surface area contributed by atoms with E-state index in [2.05, 4.69) is 25.2 Å². The van der Waals surface area contributed by atoms with Crippen molar-refractivity contribution in [2.24, 2.45) is 7.05 Å². The van der Waals surface area contributed by atoms with Gasteiger partial charge in [0.05, 0.1) is 28.9 Å². The van der Waals surface area contributed by atoms with Crippen LogP contribution >= 0.6 is 0 Å². The Morgan fingerprint density at radius 1 is 1.11 bits per heavy atom. The molecule has 3 aromatic heterocycles. The molecule has 1 amide bonds. The summed E-state index contributed by atoms with van der Waals surface area (Å²) in [5.74, 6) is 3.54. The third-order valence-corrected chi connectivity index (χ3v) is 8.15. The number of carbonyl (C=O) groups is 1. The molecular weight excluding hydrogens is 570 g/mol. The van der Waals surface area contributed by atoms with Crippen LogP contribution in [0.5, 0.6) is 17.2 Å². The van der Waals surface area contributed by atoms with Gasteiger partial charge >= 0.3 is 0 Å². The molecule has 0 unspecified atom stereocenters. The van der Waals surface area contributed by atoms with Gasteiger partial charge in [0.15, 0.2) is 17.4 Å². The van der Waals surface area contributed by atoms with E-state index >= 15 is 0 Å². The van der Waals surface area contributed by atoms with Gasteiger partial charge in [-0.15, -0.1) is 0 Å². The Hall–Kier alpha value is -5.23. The monoisotopic (exact) mass is 605 g/mol. The second kappa shape index (κ2) is 11.7. The number of ether oxygens (including phenoxy) is 2. The molecule has 12 heteroatoms. The lowest BCUT2D eigenvalue weighted by Crippen LogP contribution is -2.58. The minimum absolute atomic E-state index is 0.0111. The molecule has 5 aromatic rings. The fraction of sp³-hybridized carbons (Fsp3) is 0.303. The summed E-state index contributed by atoms with van der Waals surface area (Å²) in [6.45, 7) is 5.06. The smallest absolute Gasteiger partial charge is 0.246 e. The Bertz CT molecular complexity index is 1940. The number of aromatic nitrogens is 5. The summed E-state index contributed by atoms with van der Waals surface area (Å²) < 4.78 is 14.3. The number of amides is 1. The molecular formula is C33H35N9O3. The van der Waals surface area contributed by atoms with Gasteiger partial charge in [-0.25, -0.2) is 19.9 Å². The molecule has 45 heavy (non-hydrogen) atoms. The number of pyridine rings is 1. The number of hydrogen-bond donors (Lipinski definition) is 1. The first-order chi connectivity index (χ1) is 21.8. The number of hydrogen-bond acceptors (Lipinski definition) is 10. The molecule has 0 aliphatic carbocycles. The maximum Gasteiger partial charge on any atom is 0.246 e. The van der Waals surface area contributed by atoms with Crippen LogP contribution in [0, 0.1) is 6.92 Å². The number of fused-ring (bicyclic) bond motifs is 5. The van der Waals surface area contributed by atoms with Gasteiger partial charge in [0.1, 0.15) is 29.9 Å². The van der Waals surface area contributed by atoms with Crippen LogP contribution in [0.15, 0.2) is 67.3 Å². The summed E-state index contributed by atoms with van der Waals surface area (Å²) >= 11 is 0. The predicted molar refractivity (Wildman–Crippen MR) is 173 cm³/mol. The Morgan fingerprint density at radius 3 is 2.84 bits per heavy atom. The highest BCUT2D eigenvalue weighted by Gasteiger charge is 2.35. The van der Waals surface area contributed by atoms with Crippen molar-refractivity contribution in [2.75, 3.05) is 57.1 Å². The van der Waals surface area contributed by atoms with Gasteiger partial charge in [0.2, 0.25) is 5.91 Å². The van der Waals surface area contributed by atoms with E-state index in [1.54, 1.807) is 12.4 Å². The number of likely N-dealkylation sites (N-methyl/N-ethyl adjacent to an activating group) is 1. The van der Waals surface area contributed by atoms with Crippen molar-refractivity contribution < 1.29 is 14.3 Å². The summed E-state index contributed by atoms with van der Waals surface area (Å²) in [6, 6.07) is 13.7. The van der Waals surface area contributed by atoms with E-state index in [1.165, 1.54) is 6.33 Å². The second-order valence-electron chi connectivity index (χ2n) is 11.7. The molecule has 0 radical (unpaired) electrons. The molecule has 1 N–H and O–H groups in total. The maximum atomic E-state index is 12.8. The van der Waals surface area contributed by atoms with Crippen LogP contribution in [0.2, 0.25) is 0 Å². The minimum Gasteiger partial charge on any atom is -0.487 e. The zero-order valence-corrected chi connectivity index (χ0v) is 25.8. The maximum absolute atomic E-state index is 12.8. The quantitative estimate of drug-likeness (QED) is 0.270. The molecule has 2 aliphatic heterocycles. The van der Waals surface area contributed by atoms with Crippen LogP contribution < -0.4 is 19.7 Å². The van der Waals surface area contributed by atoms with Crippen molar-refractivity contribution >= 4 is 45.3 Å². The highest BCUT2D eigenvalue weighted by Crippen LogP contribution is 2.37. The zero-order valence-electron chi connectivity index (χ0n) is 25.8. The molecule has 7 rings (SSSR count). The summed E-state index contributed by atoms with van der Waals surface area (Å²) in [7, 11) is 5.93. The highest BCUT2D eigenvalue weighted by molar-refractivity contribution is 5.91. The van der Waals surface area contributed by atoms with E-state index < -0.39 is 0 Å². The van der Waals surface area contributed by atoms with Gasteiger partial charge in [-0.1, -0.05) is 6.08 Å². The van der Waals surface area contributed by atoms with Gasteiger partial charge < -0.3 is 34.1 Å². The Labute approximate surface area is 260 Å². The van der Waals surface area contributed by atoms with Crippen LogP contribution in [0.4, 0.5) is 17.3 Å². The second-order valence-corrected chi connectivity index (χ2v) is 11.7. The summed E-state index contributed by atoms with van der Waals surface area (Å²) in [4.78, 5) is 37.4. The lowest BCUT2D eigenvalue weighted by molar-refractivity contribution is -0.127. The van der Waals surface area contributed by atoms with Crippen molar-refractivity contribution in [1.82, 2.24) is 34.3 Å². The minimum atomic E-state index is 0.0111. The van der Waals surface area contributed by atoms with E-state index in [0.29, 0.717) is 48.8 Å². The number of nitrogens with zero attached hydrogens (tertiary/aromatic N) is 8. The van der Waals surface area contributed by atoms with Gasteiger partial charge in [-0.2, -0.15) is 0 Å². The van der Waals surface area contributed by atoms with Gasteiger partial charge in [0, 0.05) is 57.1 Å². The normalized spacial score (nSPS) is 16.2. The Kier molecular flexibility index (Phi) is 7.42. The van der Waals surface area contributed by atoms with Gasteiger partial charge in [-0.3, -0.25) is 4.79 Å². The van der Waals surface area contributed by atoms with Crippen molar-refractivity contribution in [2.45, 2.75) is 13.0 Å². The first kappa shape index (κ1) is 28.5. The number of benzene rings is 2. The van der Waals surface area contributed by atoms with E-state index in [9.17, 15) is 4.79 Å². The average molecular weight is 606 g/mol. The highest BCUT2D eigenvalue weighted by atomic mass is 16.5. The van der Waals surface area contributed by atoms with Crippen LogP contribution in [-0.4, -0.2) is 93.1 Å². The van der Waals surface area contributed by atoms with Crippen molar-refractivity contribution in [3.8, 4) is 17.2 Å². The SMILES string of the molecule is Cc1cc(Nc2ncnc3cc4c(nc23)N2CCN(C(=O)/C=C/CN(C)C)C[C@H]2CO4)ccc1Oc1ccc2c(c1)ncn2C. The molecule has 0 saturated carbocycles. The average Bonchev–Trinajstić information content (AvgIpc) is 3.40. The van der Waals surface area contributed by atoms with Crippen molar-refractivity contribution in [3.63, 3.8) is 0 Å². The Balaban J connectivity index is 1.09. The molecule has 230 valence electrons. The molecule has 0 bridgehead atoms. The number of rotatable bonds is 7. The van der Waals surface area contributed by atoms with E-state index in [-0.39, 0.29) is 11.9 Å². The molecule has 2 aliphatic rings. The van der Waals surface area contributed by atoms with E-state index in [1.807, 2.05) is 91.0 Å². The van der Waals surface area contributed by atoms with Gasteiger partial charge in [-0.05, 0) is 56.9 Å². The van der Waals surface area contributed by atoms with Crippen LogP contribution in [0.25, 0.3) is 22.1 Å². The third kappa shape index (κ3) is 5.72. The molecule has 2 aromatic carbocycles. The molecule has 12 nitrogen and oxygen atoms in total. The first-order valence-corrected chi connectivity index (χ1v) is 14.9. The summed E-state index contributed by atoms with van der Waals surface area (Å²) in [5, 5.41) is 3.43. The lowest BCUT2D eigenvalue weighted by Gasteiger charge is -2.44. The van der Waals surface area contributed by atoms with Crippen molar-refractivity contribution in [1.29, 1.82) is 0 Å². The van der Waals surface area contributed by atoms with Crippen LogP contribution in [0.3, 0.4) is 0 Å². The first-order valence-electron chi connectivity index (χ1n) is 14.9. The molecule has 5 heterocycles. The molecule has 1 fully saturated rings. The summed E-state index contributed by atoms with van der Waals surface area (Å²) in [5.41, 5.74) is 5.08.